The average Bonchev–Trinajstić information content (AvgIpc) is 3.10. The number of carbonyl (C=O) groups excluding carboxylic acids is 1. The van der Waals surface area contributed by atoms with E-state index in [-0.39, 0.29) is 5.91 Å². The Bertz CT molecular complexity index is 414. The van der Waals surface area contributed by atoms with Gasteiger partial charge >= 0.3 is 0 Å². The van der Waals surface area contributed by atoms with E-state index in [9.17, 15) is 4.79 Å². The predicted octanol–water partition coefficient (Wildman–Crippen LogP) is 3.14. The van der Waals surface area contributed by atoms with Crippen LogP contribution in [0, 0.1) is 0 Å². The molecule has 1 aromatic carbocycles. The third-order valence-corrected chi connectivity index (χ3v) is 2.88. The van der Waals surface area contributed by atoms with Gasteiger partial charge in [-0.05, 0) is 32.3 Å². The Hall–Kier alpha value is -1.57. The Morgan fingerprint density at radius 1 is 1.29 bits per heavy atom. The lowest BCUT2D eigenvalue weighted by Crippen LogP contribution is -2.31. The van der Waals surface area contributed by atoms with Crippen LogP contribution in [0.2, 0.25) is 0 Å². The van der Waals surface area contributed by atoms with E-state index in [0.29, 0.717) is 6.04 Å². The number of allylic oxidation sites excluding steroid dienone is 1. The highest BCUT2D eigenvalue weighted by atomic mass is 16.2. The third kappa shape index (κ3) is 3.45. The predicted molar refractivity (Wildman–Crippen MR) is 69.4 cm³/mol. The van der Waals surface area contributed by atoms with Crippen molar-refractivity contribution in [3.8, 4) is 0 Å². The van der Waals surface area contributed by atoms with Gasteiger partial charge < -0.3 is 4.90 Å². The lowest BCUT2D eigenvalue weighted by molar-refractivity contribution is -0.127. The van der Waals surface area contributed by atoms with E-state index in [4.69, 9.17) is 0 Å². The molecular formula is C15H19NO. The van der Waals surface area contributed by atoms with Crippen molar-refractivity contribution < 1.29 is 4.79 Å². The van der Waals surface area contributed by atoms with Gasteiger partial charge in [0.2, 0.25) is 5.91 Å². The summed E-state index contributed by atoms with van der Waals surface area (Å²) in [7, 11) is 0. The zero-order valence-electron chi connectivity index (χ0n) is 10.5. The second-order valence-corrected chi connectivity index (χ2v) is 4.90. The number of nitrogens with zero attached hydrogens (tertiary/aromatic N) is 1. The van der Waals surface area contributed by atoms with Crippen LogP contribution in [0.15, 0.2) is 42.0 Å². The van der Waals surface area contributed by atoms with E-state index in [2.05, 4.69) is 12.1 Å². The van der Waals surface area contributed by atoms with Crippen molar-refractivity contribution in [3.63, 3.8) is 0 Å². The summed E-state index contributed by atoms with van der Waals surface area (Å²) in [5.74, 6) is 0.149. The molecule has 2 rings (SSSR count). The van der Waals surface area contributed by atoms with Crippen LogP contribution >= 0.6 is 0 Å². The second-order valence-electron chi connectivity index (χ2n) is 4.90. The molecule has 2 heteroatoms. The molecule has 1 saturated carbocycles. The van der Waals surface area contributed by atoms with Gasteiger partial charge in [-0.25, -0.2) is 0 Å². The minimum Gasteiger partial charge on any atom is -0.332 e. The normalized spacial score (nSPS) is 14.2. The summed E-state index contributed by atoms with van der Waals surface area (Å²) in [5.41, 5.74) is 2.27. The molecule has 2 nitrogen and oxygen atoms in total. The van der Waals surface area contributed by atoms with E-state index in [0.717, 1.165) is 25.0 Å². The van der Waals surface area contributed by atoms with Gasteiger partial charge in [-0.1, -0.05) is 35.9 Å². The molecule has 0 heterocycles. The van der Waals surface area contributed by atoms with E-state index in [1.165, 1.54) is 5.56 Å². The maximum atomic E-state index is 12.1. The number of carbonyl (C=O) groups is 1. The smallest absolute Gasteiger partial charge is 0.247 e. The Labute approximate surface area is 103 Å². The van der Waals surface area contributed by atoms with Gasteiger partial charge in [0.25, 0.3) is 0 Å². The molecule has 0 aromatic heterocycles. The van der Waals surface area contributed by atoms with Crippen LogP contribution in [-0.4, -0.2) is 16.8 Å². The largest absolute Gasteiger partial charge is 0.332 e. The van der Waals surface area contributed by atoms with E-state index in [1.807, 2.05) is 36.9 Å². The molecule has 0 atom stereocenters. The molecule has 1 aliphatic carbocycles. The Morgan fingerprint density at radius 2 is 1.94 bits per heavy atom. The molecule has 0 N–H and O–H groups in total. The summed E-state index contributed by atoms with van der Waals surface area (Å²) >= 11 is 0. The van der Waals surface area contributed by atoms with Crippen LogP contribution in [-0.2, 0) is 11.3 Å². The van der Waals surface area contributed by atoms with Gasteiger partial charge in [0.1, 0.15) is 0 Å². The molecular weight excluding hydrogens is 210 g/mol. The van der Waals surface area contributed by atoms with Gasteiger partial charge in [0.15, 0.2) is 0 Å². The van der Waals surface area contributed by atoms with Gasteiger partial charge in [-0.15, -0.1) is 0 Å². The van der Waals surface area contributed by atoms with Crippen molar-refractivity contribution in [1.29, 1.82) is 0 Å². The summed E-state index contributed by atoms with van der Waals surface area (Å²) in [6.45, 7) is 4.66. The average molecular weight is 229 g/mol. The fourth-order valence-electron chi connectivity index (χ4n) is 1.88. The van der Waals surface area contributed by atoms with E-state index < -0.39 is 0 Å². The van der Waals surface area contributed by atoms with Crippen molar-refractivity contribution in [3.05, 3.63) is 47.5 Å². The first-order chi connectivity index (χ1) is 8.16. The Kier molecular flexibility index (Phi) is 3.62. The first-order valence-corrected chi connectivity index (χ1v) is 6.16. The summed E-state index contributed by atoms with van der Waals surface area (Å²) in [4.78, 5) is 14.1. The molecule has 90 valence electrons. The van der Waals surface area contributed by atoms with Crippen molar-refractivity contribution in [2.75, 3.05) is 0 Å². The molecule has 0 saturated heterocycles. The number of amides is 1. The summed E-state index contributed by atoms with van der Waals surface area (Å²) in [5, 5.41) is 0. The van der Waals surface area contributed by atoms with E-state index >= 15 is 0 Å². The van der Waals surface area contributed by atoms with Gasteiger partial charge in [0, 0.05) is 18.7 Å². The van der Waals surface area contributed by atoms with Crippen LogP contribution in [0.25, 0.3) is 0 Å². The molecule has 0 unspecified atom stereocenters. The fraction of sp³-hybridized carbons (Fsp3) is 0.400. The van der Waals surface area contributed by atoms with E-state index in [1.54, 1.807) is 6.08 Å². The summed E-state index contributed by atoms with van der Waals surface area (Å²) < 4.78 is 0. The van der Waals surface area contributed by atoms with Crippen LogP contribution in [0.4, 0.5) is 0 Å². The first kappa shape index (κ1) is 11.9. The number of hydrogen-bond donors (Lipinski definition) is 0. The zero-order valence-corrected chi connectivity index (χ0v) is 10.5. The van der Waals surface area contributed by atoms with Crippen LogP contribution in [0.3, 0.4) is 0 Å². The monoisotopic (exact) mass is 229 g/mol. The molecule has 1 fully saturated rings. The van der Waals surface area contributed by atoms with Gasteiger partial charge in [-0.3, -0.25) is 4.79 Å². The number of benzene rings is 1. The molecule has 1 aliphatic rings. The Morgan fingerprint density at radius 3 is 2.47 bits per heavy atom. The molecule has 0 aliphatic heterocycles. The maximum Gasteiger partial charge on any atom is 0.247 e. The second kappa shape index (κ2) is 5.17. The van der Waals surface area contributed by atoms with Crippen LogP contribution < -0.4 is 0 Å². The molecule has 0 bridgehead atoms. The minimum absolute atomic E-state index is 0.149. The number of rotatable bonds is 4. The quantitative estimate of drug-likeness (QED) is 0.726. The van der Waals surface area contributed by atoms with Crippen LogP contribution in [0.5, 0.6) is 0 Å². The lowest BCUT2D eigenvalue weighted by atomic mass is 10.2. The highest BCUT2D eigenvalue weighted by Gasteiger charge is 2.31. The topological polar surface area (TPSA) is 20.3 Å². The van der Waals surface area contributed by atoms with Crippen LogP contribution in [0.1, 0.15) is 32.3 Å². The molecule has 0 radical (unpaired) electrons. The summed E-state index contributed by atoms with van der Waals surface area (Å²) in [6.07, 6.45) is 4.03. The summed E-state index contributed by atoms with van der Waals surface area (Å²) in [6, 6.07) is 10.6. The number of hydrogen-bond acceptors (Lipinski definition) is 1. The van der Waals surface area contributed by atoms with Crippen molar-refractivity contribution in [2.24, 2.45) is 0 Å². The SMILES string of the molecule is CC(C)=CC(=O)N(Cc1ccccc1)C1CC1. The third-order valence-electron chi connectivity index (χ3n) is 2.88. The van der Waals surface area contributed by atoms with Gasteiger partial charge in [-0.2, -0.15) is 0 Å². The standard InChI is InChI=1S/C15H19NO/c1-12(2)10-15(17)16(14-8-9-14)11-13-6-4-3-5-7-13/h3-7,10,14H,8-9,11H2,1-2H3. The molecule has 1 aromatic rings. The van der Waals surface area contributed by atoms with Crippen molar-refractivity contribution >= 4 is 5.91 Å². The first-order valence-electron chi connectivity index (χ1n) is 6.16. The minimum atomic E-state index is 0.149. The van der Waals surface area contributed by atoms with Gasteiger partial charge in [0.05, 0.1) is 0 Å². The Balaban J connectivity index is 2.08. The molecule has 1 amide bonds. The van der Waals surface area contributed by atoms with Crippen molar-refractivity contribution in [1.82, 2.24) is 4.90 Å². The maximum absolute atomic E-state index is 12.1. The molecule has 17 heavy (non-hydrogen) atoms. The lowest BCUT2D eigenvalue weighted by Gasteiger charge is -2.21. The highest BCUT2D eigenvalue weighted by molar-refractivity contribution is 5.88. The fourth-order valence-corrected chi connectivity index (χ4v) is 1.88. The van der Waals surface area contributed by atoms with Crippen molar-refractivity contribution in [2.45, 2.75) is 39.3 Å². The highest BCUT2D eigenvalue weighted by Crippen LogP contribution is 2.28. The molecule has 0 spiro atoms. The zero-order chi connectivity index (χ0) is 12.3.